The molecule has 2 aromatic carbocycles. The molecular weight excluding hydrogens is 252 g/mol. The second kappa shape index (κ2) is 5.97. The highest BCUT2D eigenvalue weighted by atomic mass is 16.3. The standard InChI is InChI=1S/C17H14O3/c1-12(18)10-11-13-6-2-3-7-14(13)17(20)15-8-4-5-9-16(15)19/h2-11,19H,1H3. The molecule has 0 atom stereocenters. The first kappa shape index (κ1) is 13.7. The lowest BCUT2D eigenvalue weighted by Crippen LogP contribution is -2.03. The molecule has 0 aliphatic carbocycles. The second-order valence-corrected chi connectivity index (χ2v) is 4.38. The van der Waals surface area contributed by atoms with E-state index in [1.165, 1.54) is 19.1 Å². The lowest BCUT2D eigenvalue weighted by molar-refractivity contribution is -0.112. The zero-order chi connectivity index (χ0) is 14.5. The van der Waals surface area contributed by atoms with Gasteiger partial charge in [-0.05, 0) is 30.7 Å². The monoisotopic (exact) mass is 266 g/mol. The molecule has 0 fully saturated rings. The van der Waals surface area contributed by atoms with Gasteiger partial charge in [0.05, 0.1) is 5.56 Å². The Balaban J connectivity index is 2.46. The zero-order valence-electron chi connectivity index (χ0n) is 11.0. The van der Waals surface area contributed by atoms with Gasteiger partial charge in [-0.2, -0.15) is 0 Å². The van der Waals surface area contributed by atoms with E-state index in [2.05, 4.69) is 0 Å². The van der Waals surface area contributed by atoms with Crippen LogP contribution in [0.3, 0.4) is 0 Å². The predicted octanol–water partition coefficient (Wildman–Crippen LogP) is 3.23. The molecule has 0 radical (unpaired) electrons. The third-order valence-corrected chi connectivity index (χ3v) is 2.85. The molecule has 1 N–H and O–H groups in total. The van der Waals surface area contributed by atoms with Gasteiger partial charge in [-0.25, -0.2) is 0 Å². The molecule has 0 amide bonds. The number of benzene rings is 2. The number of rotatable bonds is 4. The summed E-state index contributed by atoms with van der Waals surface area (Å²) in [4.78, 5) is 23.5. The summed E-state index contributed by atoms with van der Waals surface area (Å²) in [5.74, 6) is -0.412. The average molecular weight is 266 g/mol. The van der Waals surface area contributed by atoms with Crippen molar-refractivity contribution in [2.45, 2.75) is 6.92 Å². The van der Waals surface area contributed by atoms with Crippen LogP contribution in [-0.2, 0) is 4.79 Å². The van der Waals surface area contributed by atoms with Gasteiger partial charge < -0.3 is 5.11 Å². The number of allylic oxidation sites excluding steroid dienone is 1. The van der Waals surface area contributed by atoms with E-state index in [4.69, 9.17) is 0 Å². The van der Waals surface area contributed by atoms with Crippen molar-refractivity contribution in [2.24, 2.45) is 0 Å². The Bertz CT molecular complexity index is 684. The van der Waals surface area contributed by atoms with E-state index in [0.717, 1.165) is 0 Å². The van der Waals surface area contributed by atoms with Crippen molar-refractivity contribution < 1.29 is 14.7 Å². The van der Waals surface area contributed by atoms with Gasteiger partial charge in [0.2, 0.25) is 0 Å². The minimum absolute atomic E-state index is 0.0529. The molecule has 2 rings (SSSR count). The van der Waals surface area contributed by atoms with Crippen LogP contribution >= 0.6 is 0 Å². The number of hydrogen-bond acceptors (Lipinski definition) is 3. The minimum atomic E-state index is -0.271. The van der Waals surface area contributed by atoms with Crippen LogP contribution in [0.2, 0.25) is 0 Å². The van der Waals surface area contributed by atoms with Crippen molar-refractivity contribution >= 4 is 17.6 Å². The highest BCUT2D eigenvalue weighted by Gasteiger charge is 2.15. The largest absolute Gasteiger partial charge is 0.507 e. The van der Waals surface area contributed by atoms with Crippen LogP contribution in [0, 0.1) is 0 Å². The summed E-state index contributed by atoms with van der Waals surface area (Å²) in [5.41, 5.74) is 1.35. The van der Waals surface area contributed by atoms with Gasteiger partial charge in [0.25, 0.3) is 0 Å². The molecule has 0 bridgehead atoms. The predicted molar refractivity (Wildman–Crippen MR) is 77.7 cm³/mol. The summed E-state index contributed by atoms with van der Waals surface area (Å²) in [7, 11) is 0. The fraction of sp³-hybridized carbons (Fsp3) is 0.0588. The molecule has 2 aromatic rings. The lowest BCUT2D eigenvalue weighted by atomic mass is 9.97. The molecular formula is C17H14O3. The summed E-state index contributed by atoms with van der Waals surface area (Å²) in [6, 6.07) is 13.4. The maximum atomic E-state index is 12.5. The van der Waals surface area contributed by atoms with Crippen molar-refractivity contribution in [3.63, 3.8) is 0 Å². The highest BCUT2D eigenvalue weighted by molar-refractivity contribution is 6.12. The maximum Gasteiger partial charge on any atom is 0.197 e. The zero-order valence-corrected chi connectivity index (χ0v) is 11.0. The van der Waals surface area contributed by atoms with Crippen LogP contribution in [0.4, 0.5) is 0 Å². The topological polar surface area (TPSA) is 54.4 Å². The van der Waals surface area contributed by atoms with Crippen molar-refractivity contribution in [3.05, 3.63) is 71.3 Å². The molecule has 0 aliphatic heterocycles. The molecule has 0 aliphatic rings. The summed E-state index contributed by atoms with van der Waals surface area (Å²) < 4.78 is 0. The summed E-state index contributed by atoms with van der Waals surface area (Å²) in [6.07, 6.45) is 3.02. The van der Waals surface area contributed by atoms with Crippen molar-refractivity contribution in [2.75, 3.05) is 0 Å². The van der Waals surface area contributed by atoms with Gasteiger partial charge in [-0.15, -0.1) is 0 Å². The van der Waals surface area contributed by atoms with Gasteiger partial charge in [0.15, 0.2) is 11.6 Å². The highest BCUT2D eigenvalue weighted by Crippen LogP contribution is 2.22. The molecule has 0 unspecified atom stereocenters. The number of ketones is 2. The van der Waals surface area contributed by atoms with E-state index in [1.807, 2.05) is 0 Å². The van der Waals surface area contributed by atoms with Gasteiger partial charge >= 0.3 is 0 Å². The van der Waals surface area contributed by atoms with Crippen LogP contribution in [0.1, 0.15) is 28.4 Å². The quantitative estimate of drug-likeness (QED) is 0.682. The van der Waals surface area contributed by atoms with E-state index < -0.39 is 0 Å². The van der Waals surface area contributed by atoms with E-state index in [0.29, 0.717) is 11.1 Å². The Morgan fingerprint density at radius 1 is 0.950 bits per heavy atom. The van der Waals surface area contributed by atoms with Crippen molar-refractivity contribution in [3.8, 4) is 5.75 Å². The minimum Gasteiger partial charge on any atom is -0.507 e. The molecule has 20 heavy (non-hydrogen) atoms. The average Bonchev–Trinajstić information content (AvgIpc) is 2.45. The normalized spacial score (nSPS) is 10.7. The molecule has 0 saturated heterocycles. The number of phenolic OH excluding ortho intramolecular Hbond substituents is 1. The van der Waals surface area contributed by atoms with Gasteiger partial charge in [0, 0.05) is 5.56 Å². The molecule has 0 saturated carbocycles. The van der Waals surface area contributed by atoms with Crippen molar-refractivity contribution in [1.29, 1.82) is 0 Å². The van der Waals surface area contributed by atoms with E-state index in [-0.39, 0.29) is 22.9 Å². The Labute approximate surface area is 117 Å². The molecule has 0 spiro atoms. The Morgan fingerprint density at radius 2 is 1.55 bits per heavy atom. The third kappa shape index (κ3) is 3.01. The van der Waals surface area contributed by atoms with Crippen LogP contribution in [0.5, 0.6) is 5.75 Å². The van der Waals surface area contributed by atoms with Crippen LogP contribution in [0.15, 0.2) is 54.6 Å². The summed E-state index contributed by atoms with van der Waals surface area (Å²) in [5, 5.41) is 9.76. The van der Waals surface area contributed by atoms with E-state index in [9.17, 15) is 14.7 Å². The fourth-order valence-corrected chi connectivity index (χ4v) is 1.87. The third-order valence-electron chi connectivity index (χ3n) is 2.85. The Kier molecular flexibility index (Phi) is 4.11. The molecule has 3 heteroatoms. The molecule has 100 valence electrons. The number of aromatic hydroxyl groups is 1. The first-order valence-corrected chi connectivity index (χ1v) is 6.20. The summed E-state index contributed by atoms with van der Waals surface area (Å²) >= 11 is 0. The number of carbonyl (C=O) groups excluding carboxylic acids is 2. The number of para-hydroxylation sites is 1. The van der Waals surface area contributed by atoms with Gasteiger partial charge in [0.1, 0.15) is 5.75 Å². The molecule has 3 nitrogen and oxygen atoms in total. The van der Waals surface area contributed by atoms with Crippen LogP contribution < -0.4 is 0 Å². The molecule has 0 aromatic heterocycles. The van der Waals surface area contributed by atoms with Crippen LogP contribution in [-0.4, -0.2) is 16.7 Å². The maximum absolute atomic E-state index is 12.5. The Morgan fingerprint density at radius 3 is 2.20 bits per heavy atom. The van der Waals surface area contributed by atoms with Gasteiger partial charge in [-0.3, -0.25) is 9.59 Å². The molecule has 0 heterocycles. The number of carbonyl (C=O) groups is 2. The van der Waals surface area contributed by atoms with Crippen molar-refractivity contribution in [1.82, 2.24) is 0 Å². The first-order valence-electron chi connectivity index (χ1n) is 6.20. The fourth-order valence-electron chi connectivity index (χ4n) is 1.87. The Hall–Kier alpha value is -2.68. The second-order valence-electron chi connectivity index (χ2n) is 4.38. The van der Waals surface area contributed by atoms with Gasteiger partial charge in [-0.1, -0.05) is 42.5 Å². The first-order chi connectivity index (χ1) is 9.59. The number of hydrogen-bond donors (Lipinski definition) is 1. The lowest BCUT2D eigenvalue weighted by Gasteiger charge is -2.06. The summed E-state index contributed by atoms with van der Waals surface area (Å²) in [6.45, 7) is 1.45. The van der Waals surface area contributed by atoms with E-state index >= 15 is 0 Å². The van der Waals surface area contributed by atoms with Crippen LogP contribution in [0.25, 0.3) is 6.08 Å². The number of phenols is 1. The van der Waals surface area contributed by atoms with E-state index in [1.54, 1.807) is 48.5 Å². The SMILES string of the molecule is CC(=O)C=Cc1ccccc1C(=O)c1ccccc1O. The smallest absolute Gasteiger partial charge is 0.197 e.